The van der Waals surface area contributed by atoms with Crippen LogP contribution < -0.4 is 10.1 Å². The Bertz CT molecular complexity index is 706. The van der Waals surface area contributed by atoms with Crippen molar-refractivity contribution in [2.45, 2.75) is 57.1 Å². The molecule has 3 rings (SSSR count). The fraction of sp³-hybridized carbons (Fsp3) is 0.458. The van der Waals surface area contributed by atoms with Gasteiger partial charge in [0.1, 0.15) is 18.5 Å². The van der Waals surface area contributed by atoms with Crippen LogP contribution in [0, 0.1) is 0 Å². The van der Waals surface area contributed by atoms with E-state index in [0.29, 0.717) is 29.5 Å². The lowest BCUT2D eigenvalue weighted by Crippen LogP contribution is -2.38. The first-order valence-corrected chi connectivity index (χ1v) is 10.5. The number of ketones is 1. The van der Waals surface area contributed by atoms with Gasteiger partial charge in [0.2, 0.25) is 0 Å². The van der Waals surface area contributed by atoms with E-state index in [1.54, 1.807) is 24.3 Å². The topological polar surface area (TPSA) is 58.6 Å². The maximum absolute atomic E-state index is 12.4. The summed E-state index contributed by atoms with van der Waals surface area (Å²) in [5.41, 5.74) is 1.30. The lowest BCUT2D eigenvalue weighted by molar-refractivity contribution is 0.102. The van der Waals surface area contributed by atoms with Crippen LogP contribution in [0.25, 0.3) is 0 Å². The van der Waals surface area contributed by atoms with Crippen LogP contribution in [0.1, 0.15) is 60.9 Å². The SMILES string of the molecule is O=C(c1ccccc1)c1ccc(OCC(O)CNC2CCCCCCC2)cc1. The molecule has 1 saturated carbocycles. The molecule has 0 aromatic heterocycles. The number of carbonyl (C=O) groups excluding carboxylic acids is 1. The maximum Gasteiger partial charge on any atom is 0.193 e. The van der Waals surface area contributed by atoms with E-state index < -0.39 is 6.10 Å². The molecule has 0 radical (unpaired) electrons. The van der Waals surface area contributed by atoms with Crippen LogP contribution in [-0.2, 0) is 0 Å². The summed E-state index contributed by atoms with van der Waals surface area (Å²) in [5, 5.41) is 13.7. The summed E-state index contributed by atoms with van der Waals surface area (Å²) >= 11 is 0. The fourth-order valence-electron chi connectivity index (χ4n) is 3.67. The van der Waals surface area contributed by atoms with Crippen LogP contribution in [0.15, 0.2) is 54.6 Å². The average molecular weight is 382 g/mol. The molecule has 2 aromatic rings. The van der Waals surface area contributed by atoms with E-state index in [2.05, 4.69) is 5.32 Å². The van der Waals surface area contributed by atoms with E-state index in [9.17, 15) is 9.90 Å². The van der Waals surface area contributed by atoms with E-state index in [-0.39, 0.29) is 12.4 Å². The van der Waals surface area contributed by atoms with Gasteiger partial charge >= 0.3 is 0 Å². The van der Waals surface area contributed by atoms with Crippen molar-refractivity contribution in [1.29, 1.82) is 0 Å². The molecule has 0 heterocycles. The van der Waals surface area contributed by atoms with Crippen molar-refractivity contribution < 1.29 is 14.6 Å². The minimum absolute atomic E-state index is 0.00409. The Balaban J connectivity index is 1.42. The summed E-state index contributed by atoms with van der Waals surface area (Å²) in [5.74, 6) is 0.658. The van der Waals surface area contributed by atoms with Gasteiger partial charge in [-0.05, 0) is 37.1 Å². The van der Waals surface area contributed by atoms with Crippen LogP contribution in [0.4, 0.5) is 0 Å². The van der Waals surface area contributed by atoms with Crippen molar-refractivity contribution in [3.05, 3.63) is 65.7 Å². The second kappa shape index (κ2) is 11.0. The fourth-order valence-corrected chi connectivity index (χ4v) is 3.67. The van der Waals surface area contributed by atoms with Gasteiger partial charge in [-0.25, -0.2) is 0 Å². The number of rotatable bonds is 8. The number of carbonyl (C=O) groups is 1. The van der Waals surface area contributed by atoms with Crippen LogP contribution in [-0.4, -0.2) is 36.2 Å². The molecule has 1 aliphatic carbocycles. The van der Waals surface area contributed by atoms with Crippen LogP contribution in [0.2, 0.25) is 0 Å². The van der Waals surface area contributed by atoms with Gasteiger partial charge in [-0.2, -0.15) is 0 Å². The summed E-state index contributed by atoms with van der Waals surface area (Å²) < 4.78 is 5.69. The summed E-state index contributed by atoms with van der Waals surface area (Å²) in [4.78, 5) is 12.4. The van der Waals surface area contributed by atoms with Gasteiger partial charge in [0.15, 0.2) is 5.78 Å². The first-order valence-electron chi connectivity index (χ1n) is 10.5. The first kappa shape index (κ1) is 20.6. The number of hydrogen-bond acceptors (Lipinski definition) is 4. The average Bonchev–Trinajstić information content (AvgIpc) is 2.72. The smallest absolute Gasteiger partial charge is 0.193 e. The van der Waals surface area contributed by atoms with E-state index >= 15 is 0 Å². The summed E-state index contributed by atoms with van der Waals surface area (Å²) in [6.45, 7) is 0.793. The molecular weight excluding hydrogens is 350 g/mol. The maximum atomic E-state index is 12.4. The lowest BCUT2D eigenvalue weighted by atomic mass is 9.96. The van der Waals surface area contributed by atoms with Crippen molar-refractivity contribution in [1.82, 2.24) is 5.32 Å². The predicted octanol–water partition coefficient (Wildman–Crippen LogP) is 4.36. The minimum atomic E-state index is -0.545. The highest BCUT2D eigenvalue weighted by molar-refractivity contribution is 6.08. The molecule has 1 atom stereocenters. The standard InChI is InChI=1S/C24H31NO3/c26-22(17-25-21-11-7-2-1-3-8-12-21)18-28-23-15-13-20(14-16-23)24(27)19-9-5-4-6-10-19/h4-6,9-10,13-16,21-22,25-26H,1-3,7-8,11-12,17-18H2. The van der Waals surface area contributed by atoms with Crippen LogP contribution >= 0.6 is 0 Å². The summed E-state index contributed by atoms with van der Waals surface area (Å²) in [7, 11) is 0. The number of aliphatic hydroxyl groups is 1. The van der Waals surface area contributed by atoms with Gasteiger partial charge < -0.3 is 15.2 Å². The Hall–Kier alpha value is -2.17. The molecule has 4 heteroatoms. The highest BCUT2D eigenvalue weighted by atomic mass is 16.5. The Morgan fingerprint density at radius 1 is 0.929 bits per heavy atom. The molecule has 1 aliphatic rings. The highest BCUT2D eigenvalue weighted by Crippen LogP contribution is 2.18. The zero-order chi connectivity index (χ0) is 19.6. The third-order valence-electron chi connectivity index (χ3n) is 5.34. The van der Waals surface area contributed by atoms with Crippen molar-refractivity contribution in [2.24, 2.45) is 0 Å². The van der Waals surface area contributed by atoms with E-state index in [4.69, 9.17) is 4.74 Å². The molecule has 0 saturated heterocycles. The van der Waals surface area contributed by atoms with Gasteiger partial charge in [0.25, 0.3) is 0 Å². The van der Waals surface area contributed by atoms with Gasteiger partial charge in [0.05, 0.1) is 0 Å². The number of aliphatic hydroxyl groups excluding tert-OH is 1. The second-order valence-corrected chi connectivity index (χ2v) is 7.63. The van der Waals surface area contributed by atoms with Gasteiger partial charge in [0, 0.05) is 23.7 Å². The summed E-state index contributed by atoms with van der Waals surface area (Å²) in [6, 6.07) is 16.8. The number of ether oxygens (including phenoxy) is 1. The normalized spacial score (nSPS) is 16.8. The summed E-state index contributed by atoms with van der Waals surface area (Å²) in [6.07, 6.45) is 8.42. The molecule has 4 nitrogen and oxygen atoms in total. The van der Waals surface area contributed by atoms with Crippen molar-refractivity contribution in [3.8, 4) is 5.75 Å². The van der Waals surface area contributed by atoms with Crippen LogP contribution in [0.3, 0.4) is 0 Å². The molecule has 1 fully saturated rings. The van der Waals surface area contributed by atoms with E-state index in [1.165, 1.54) is 44.9 Å². The Kier molecular flexibility index (Phi) is 8.07. The third-order valence-corrected chi connectivity index (χ3v) is 5.34. The highest BCUT2D eigenvalue weighted by Gasteiger charge is 2.13. The third kappa shape index (κ3) is 6.47. The molecule has 2 N–H and O–H groups in total. The largest absolute Gasteiger partial charge is 0.491 e. The van der Waals surface area contributed by atoms with Crippen molar-refractivity contribution in [2.75, 3.05) is 13.2 Å². The van der Waals surface area contributed by atoms with E-state index in [0.717, 1.165) is 0 Å². The lowest BCUT2D eigenvalue weighted by Gasteiger charge is -2.22. The zero-order valence-electron chi connectivity index (χ0n) is 16.5. The van der Waals surface area contributed by atoms with Gasteiger partial charge in [-0.15, -0.1) is 0 Å². The Morgan fingerprint density at radius 2 is 1.54 bits per heavy atom. The molecule has 0 amide bonds. The molecular formula is C24H31NO3. The molecule has 28 heavy (non-hydrogen) atoms. The van der Waals surface area contributed by atoms with Crippen molar-refractivity contribution >= 4 is 5.78 Å². The number of benzene rings is 2. The Morgan fingerprint density at radius 3 is 2.21 bits per heavy atom. The van der Waals surface area contributed by atoms with Gasteiger partial charge in [-0.3, -0.25) is 4.79 Å². The minimum Gasteiger partial charge on any atom is -0.491 e. The number of nitrogens with one attached hydrogen (secondary N) is 1. The van der Waals surface area contributed by atoms with Crippen LogP contribution in [0.5, 0.6) is 5.75 Å². The molecule has 0 spiro atoms. The van der Waals surface area contributed by atoms with Crippen molar-refractivity contribution in [3.63, 3.8) is 0 Å². The van der Waals surface area contributed by atoms with Gasteiger partial charge in [-0.1, -0.05) is 62.4 Å². The molecule has 150 valence electrons. The quantitative estimate of drug-likeness (QED) is 0.667. The molecule has 1 unspecified atom stereocenters. The molecule has 0 aliphatic heterocycles. The Labute approximate surface area is 167 Å². The number of hydrogen-bond donors (Lipinski definition) is 2. The second-order valence-electron chi connectivity index (χ2n) is 7.63. The first-order chi connectivity index (χ1) is 13.7. The zero-order valence-corrected chi connectivity index (χ0v) is 16.5. The molecule has 0 bridgehead atoms. The monoisotopic (exact) mass is 381 g/mol. The molecule has 2 aromatic carbocycles. The van der Waals surface area contributed by atoms with E-state index in [1.807, 2.05) is 30.3 Å². The predicted molar refractivity (Wildman–Crippen MR) is 112 cm³/mol.